The van der Waals surface area contributed by atoms with E-state index >= 15 is 0 Å². The first-order valence-electron chi connectivity index (χ1n) is 8.86. The van der Waals surface area contributed by atoms with Crippen molar-refractivity contribution in [3.63, 3.8) is 0 Å². The fourth-order valence-corrected chi connectivity index (χ4v) is 2.90. The molecule has 0 aromatic heterocycles. The first-order chi connectivity index (χ1) is 12.5. The van der Waals surface area contributed by atoms with Gasteiger partial charge in [0.2, 0.25) is 5.91 Å². The van der Waals surface area contributed by atoms with Crippen LogP contribution in [0.15, 0.2) is 29.3 Å². The molecule has 1 atom stereocenters. The lowest BCUT2D eigenvalue weighted by Crippen LogP contribution is -2.50. The third-order valence-electron chi connectivity index (χ3n) is 4.22. The van der Waals surface area contributed by atoms with Crippen LogP contribution in [0.3, 0.4) is 0 Å². The Labute approximate surface area is 176 Å². The number of hydrogen-bond acceptors (Lipinski definition) is 4. The summed E-state index contributed by atoms with van der Waals surface area (Å²) < 4.78 is 18.9. The van der Waals surface area contributed by atoms with Crippen LogP contribution in [0.4, 0.5) is 4.39 Å². The topological polar surface area (TPSA) is 92.0 Å². The molecule has 7 nitrogen and oxygen atoms in total. The van der Waals surface area contributed by atoms with E-state index in [1.165, 1.54) is 12.1 Å². The number of hydrogen-bond donors (Lipinski definition) is 3. The number of amides is 1. The van der Waals surface area contributed by atoms with E-state index in [0.717, 1.165) is 25.9 Å². The van der Waals surface area contributed by atoms with Gasteiger partial charge in [-0.1, -0.05) is 6.07 Å². The molecule has 1 saturated heterocycles. The molecule has 1 unspecified atom stereocenters. The Kier molecular flexibility index (Phi) is 10.4. The van der Waals surface area contributed by atoms with Gasteiger partial charge < -0.3 is 21.1 Å². The average molecular weight is 493 g/mol. The van der Waals surface area contributed by atoms with Gasteiger partial charge in [-0.05, 0) is 31.9 Å². The lowest BCUT2D eigenvalue weighted by atomic mass is 10.1. The highest BCUT2D eigenvalue weighted by atomic mass is 127. The number of halogens is 2. The average Bonchev–Trinajstić information content (AvgIpc) is 2.59. The number of ether oxygens (including phenoxy) is 1. The Balaban J connectivity index is 0.00000364. The third-order valence-corrected chi connectivity index (χ3v) is 4.22. The van der Waals surface area contributed by atoms with Crippen molar-refractivity contribution >= 4 is 35.8 Å². The van der Waals surface area contributed by atoms with Crippen LogP contribution in [-0.4, -0.2) is 62.1 Å². The van der Waals surface area contributed by atoms with E-state index in [0.29, 0.717) is 30.8 Å². The van der Waals surface area contributed by atoms with Crippen molar-refractivity contribution in [2.24, 2.45) is 10.7 Å². The molecule has 152 valence electrons. The number of benzene rings is 1. The summed E-state index contributed by atoms with van der Waals surface area (Å²) in [5.74, 6) is 0.598. The van der Waals surface area contributed by atoms with Crippen LogP contribution in [-0.2, 0) is 4.79 Å². The predicted molar refractivity (Wildman–Crippen MR) is 115 cm³/mol. The molecule has 0 radical (unpaired) electrons. The quantitative estimate of drug-likeness (QED) is 0.303. The number of likely N-dealkylation sites (tertiary alicyclic amines) is 1. The maximum Gasteiger partial charge on any atom is 0.231 e. The number of rotatable bonds is 7. The van der Waals surface area contributed by atoms with Crippen LogP contribution in [0, 0.1) is 5.82 Å². The Bertz CT molecular complexity index is 624. The lowest BCUT2D eigenvalue weighted by molar-refractivity contribution is -0.119. The molecular weight excluding hydrogens is 464 g/mol. The zero-order valence-electron chi connectivity index (χ0n) is 15.8. The van der Waals surface area contributed by atoms with Gasteiger partial charge in [-0.3, -0.25) is 14.7 Å². The molecule has 0 bridgehead atoms. The third kappa shape index (κ3) is 8.74. The van der Waals surface area contributed by atoms with Crippen molar-refractivity contribution in [3.05, 3.63) is 30.1 Å². The minimum atomic E-state index is -0.317. The Morgan fingerprint density at radius 3 is 2.74 bits per heavy atom. The molecule has 1 amide bonds. The lowest BCUT2D eigenvalue weighted by Gasteiger charge is -2.32. The molecule has 1 aliphatic rings. The summed E-state index contributed by atoms with van der Waals surface area (Å²) in [6.45, 7) is 4.42. The number of carbonyl (C=O) groups is 1. The first-order valence-corrected chi connectivity index (χ1v) is 8.86. The Morgan fingerprint density at radius 2 is 2.15 bits per heavy atom. The molecule has 9 heteroatoms. The van der Waals surface area contributed by atoms with E-state index in [4.69, 9.17) is 10.5 Å². The second-order valence-corrected chi connectivity index (χ2v) is 6.50. The smallest absolute Gasteiger partial charge is 0.231 e. The van der Waals surface area contributed by atoms with E-state index in [1.807, 2.05) is 6.92 Å². The zero-order valence-corrected chi connectivity index (χ0v) is 18.1. The summed E-state index contributed by atoms with van der Waals surface area (Å²) in [5, 5.41) is 6.62. The first kappa shape index (κ1) is 23.4. The Hall–Kier alpha value is -1.62. The van der Waals surface area contributed by atoms with Crippen LogP contribution in [0.25, 0.3) is 0 Å². The van der Waals surface area contributed by atoms with Crippen LogP contribution < -0.4 is 21.1 Å². The number of piperidine rings is 1. The van der Waals surface area contributed by atoms with Crippen molar-refractivity contribution < 1.29 is 13.9 Å². The summed E-state index contributed by atoms with van der Waals surface area (Å²) in [5.41, 5.74) is 5.23. The molecule has 27 heavy (non-hydrogen) atoms. The van der Waals surface area contributed by atoms with Gasteiger partial charge in [-0.2, -0.15) is 0 Å². The van der Waals surface area contributed by atoms with E-state index in [1.54, 1.807) is 19.2 Å². The molecule has 1 heterocycles. The maximum absolute atomic E-state index is 13.2. The molecule has 4 N–H and O–H groups in total. The number of primary amides is 1. The van der Waals surface area contributed by atoms with Gasteiger partial charge >= 0.3 is 0 Å². The number of nitrogens with zero attached hydrogens (tertiary/aromatic N) is 2. The standard InChI is InChI=1S/C18H28FN5O2.HI/c1-13(26-16-5-3-4-14(19)10-16)11-22-18(21-2)23-15-6-8-24(9-7-15)12-17(20)25;/h3-5,10,13,15H,6-9,11-12H2,1-2H3,(H2,20,25)(H2,21,22,23);1H. The Morgan fingerprint density at radius 1 is 1.44 bits per heavy atom. The van der Waals surface area contributed by atoms with Gasteiger partial charge in [-0.15, -0.1) is 24.0 Å². The fourth-order valence-electron chi connectivity index (χ4n) is 2.90. The molecule has 0 spiro atoms. The van der Waals surface area contributed by atoms with Gasteiger partial charge in [-0.25, -0.2) is 4.39 Å². The number of guanidine groups is 1. The molecule has 0 saturated carbocycles. The zero-order chi connectivity index (χ0) is 18.9. The van der Waals surface area contributed by atoms with E-state index in [-0.39, 0.29) is 41.8 Å². The minimum absolute atomic E-state index is 0. The van der Waals surface area contributed by atoms with Gasteiger partial charge in [0, 0.05) is 32.2 Å². The van der Waals surface area contributed by atoms with Crippen LogP contribution in [0.1, 0.15) is 19.8 Å². The molecular formula is C18H29FIN5O2. The second kappa shape index (κ2) is 12.0. The summed E-state index contributed by atoms with van der Waals surface area (Å²) in [7, 11) is 1.72. The molecule has 2 rings (SSSR count). The fraction of sp³-hybridized carbons (Fsp3) is 0.556. The summed E-state index contributed by atoms with van der Waals surface area (Å²) in [6.07, 6.45) is 1.69. The highest BCUT2D eigenvalue weighted by molar-refractivity contribution is 14.0. The van der Waals surface area contributed by atoms with Crippen LogP contribution >= 0.6 is 24.0 Å². The molecule has 1 aromatic rings. The highest BCUT2D eigenvalue weighted by Gasteiger charge is 2.21. The number of carbonyl (C=O) groups excluding carboxylic acids is 1. The molecule has 1 aromatic carbocycles. The van der Waals surface area contributed by atoms with Crippen molar-refractivity contribution in [1.29, 1.82) is 0 Å². The number of nitrogens with one attached hydrogen (secondary N) is 2. The molecule has 1 aliphatic heterocycles. The predicted octanol–water partition coefficient (Wildman–Crippen LogP) is 1.33. The van der Waals surface area contributed by atoms with E-state index in [9.17, 15) is 9.18 Å². The van der Waals surface area contributed by atoms with Crippen LogP contribution in [0.5, 0.6) is 5.75 Å². The van der Waals surface area contributed by atoms with Gasteiger partial charge in [0.05, 0.1) is 13.1 Å². The largest absolute Gasteiger partial charge is 0.489 e. The number of aliphatic imine (C=N–C) groups is 1. The van der Waals surface area contributed by atoms with Gasteiger partial charge in [0.15, 0.2) is 5.96 Å². The van der Waals surface area contributed by atoms with Crippen molar-refractivity contribution in [1.82, 2.24) is 15.5 Å². The summed E-state index contributed by atoms with van der Waals surface area (Å²) in [4.78, 5) is 17.3. The monoisotopic (exact) mass is 493 g/mol. The van der Waals surface area contributed by atoms with Gasteiger partial charge in [0.25, 0.3) is 0 Å². The SMILES string of the molecule is CN=C(NCC(C)Oc1cccc(F)c1)NC1CCN(CC(N)=O)CC1.I. The molecule has 1 fully saturated rings. The van der Waals surface area contributed by atoms with Crippen molar-refractivity contribution in [2.75, 3.05) is 33.2 Å². The summed E-state index contributed by atoms with van der Waals surface area (Å²) >= 11 is 0. The summed E-state index contributed by atoms with van der Waals surface area (Å²) in [6, 6.07) is 6.40. The van der Waals surface area contributed by atoms with Crippen molar-refractivity contribution in [2.45, 2.75) is 31.9 Å². The normalized spacial score (nSPS) is 16.9. The second-order valence-electron chi connectivity index (χ2n) is 6.50. The minimum Gasteiger partial charge on any atom is -0.489 e. The highest BCUT2D eigenvalue weighted by Crippen LogP contribution is 2.13. The van der Waals surface area contributed by atoms with Gasteiger partial charge in [0.1, 0.15) is 17.7 Å². The van der Waals surface area contributed by atoms with Crippen LogP contribution in [0.2, 0.25) is 0 Å². The number of nitrogens with two attached hydrogens (primary N) is 1. The van der Waals surface area contributed by atoms with E-state index in [2.05, 4.69) is 20.5 Å². The molecule has 0 aliphatic carbocycles. The van der Waals surface area contributed by atoms with Crippen molar-refractivity contribution in [3.8, 4) is 5.75 Å². The maximum atomic E-state index is 13.2. The van der Waals surface area contributed by atoms with E-state index < -0.39 is 0 Å².